The van der Waals surface area contributed by atoms with E-state index in [-0.39, 0.29) is 17.7 Å². The number of carbonyl (C=O) groups excluding carboxylic acids is 1. The van der Waals surface area contributed by atoms with Crippen LogP contribution in [0.2, 0.25) is 0 Å². The second kappa shape index (κ2) is 12.5. The van der Waals surface area contributed by atoms with Gasteiger partial charge in [0.25, 0.3) is 0 Å². The monoisotopic (exact) mass is 518 g/mol. The predicted molar refractivity (Wildman–Crippen MR) is 149 cm³/mol. The Kier molecular flexibility index (Phi) is 9.17. The molecule has 0 aliphatic carbocycles. The Balaban J connectivity index is 1.28. The van der Waals surface area contributed by atoms with Gasteiger partial charge in [0.15, 0.2) is 9.84 Å². The minimum absolute atomic E-state index is 0.0753. The van der Waals surface area contributed by atoms with E-state index in [4.69, 9.17) is 0 Å². The molecule has 0 aromatic heterocycles. The highest BCUT2D eigenvalue weighted by molar-refractivity contribution is 7.91. The van der Waals surface area contributed by atoms with E-state index >= 15 is 0 Å². The van der Waals surface area contributed by atoms with Crippen molar-refractivity contribution < 1.29 is 13.2 Å². The summed E-state index contributed by atoms with van der Waals surface area (Å²) in [6.07, 6.45) is 3.30. The smallest absolute Gasteiger partial charge is 0.226 e. The van der Waals surface area contributed by atoms with Crippen LogP contribution in [0.4, 0.5) is 0 Å². The Morgan fingerprint density at radius 1 is 0.892 bits per heavy atom. The Morgan fingerprint density at radius 2 is 1.43 bits per heavy atom. The van der Waals surface area contributed by atoms with E-state index in [0.29, 0.717) is 17.2 Å². The molecule has 1 amide bonds. The molecule has 37 heavy (non-hydrogen) atoms. The maximum absolute atomic E-state index is 13.0. The van der Waals surface area contributed by atoms with Crippen LogP contribution in [-0.2, 0) is 21.1 Å². The van der Waals surface area contributed by atoms with Crippen molar-refractivity contribution in [1.29, 1.82) is 0 Å². The van der Waals surface area contributed by atoms with Gasteiger partial charge in [0.05, 0.1) is 17.1 Å². The molecule has 1 heterocycles. The highest BCUT2D eigenvalue weighted by Gasteiger charge is 2.26. The summed E-state index contributed by atoms with van der Waals surface area (Å²) in [7, 11) is -1.32. The maximum Gasteiger partial charge on any atom is 0.226 e. The molecule has 1 fully saturated rings. The number of sulfone groups is 1. The van der Waals surface area contributed by atoms with Crippen LogP contribution in [0, 0.1) is 0 Å². The van der Waals surface area contributed by atoms with Crippen LogP contribution < -0.4 is 0 Å². The predicted octanol–water partition coefficient (Wildman–Crippen LogP) is 5.17. The van der Waals surface area contributed by atoms with Gasteiger partial charge in [0.2, 0.25) is 5.91 Å². The third-order valence-corrected chi connectivity index (χ3v) is 9.40. The molecule has 3 aromatic rings. The molecule has 6 heteroatoms. The van der Waals surface area contributed by atoms with Gasteiger partial charge in [-0.2, -0.15) is 0 Å². The number of benzene rings is 3. The van der Waals surface area contributed by atoms with Crippen LogP contribution in [-0.4, -0.2) is 62.6 Å². The summed E-state index contributed by atoms with van der Waals surface area (Å²) < 4.78 is 24.0. The zero-order chi connectivity index (χ0) is 26.3. The SMILES string of the molecule is CCS(=O)(=O)c1ccc(CC(=O)N(C)C2CCN(CCC(c3ccccc3)c3ccccc3)CC2)cc1. The first-order valence-electron chi connectivity index (χ1n) is 13.3. The third-order valence-electron chi connectivity index (χ3n) is 7.65. The Labute approximate surface area is 222 Å². The first-order chi connectivity index (χ1) is 17.9. The largest absolute Gasteiger partial charge is 0.342 e. The molecule has 3 aromatic carbocycles. The number of rotatable bonds is 10. The van der Waals surface area contributed by atoms with Gasteiger partial charge in [-0.25, -0.2) is 8.42 Å². The maximum atomic E-state index is 13.0. The van der Waals surface area contributed by atoms with Crippen LogP contribution in [0.5, 0.6) is 0 Å². The van der Waals surface area contributed by atoms with Crippen molar-refractivity contribution >= 4 is 15.7 Å². The molecular formula is C31H38N2O3S. The normalized spacial score (nSPS) is 15.1. The first-order valence-corrected chi connectivity index (χ1v) is 14.9. The van der Waals surface area contributed by atoms with Crippen molar-refractivity contribution in [3.63, 3.8) is 0 Å². The van der Waals surface area contributed by atoms with Crippen molar-refractivity contribution in [1.82, 2.24) is 9.80 Å². The van der Waals surface area contributed by atoms with Crippen LogP contribution >= 0.6 is 0 Å². The zero-order valence-corrected chi connectivity index (χ0v) is 22.7. The molecular weight excluding hydrogens is 480 g/mol. The lowest BCUT2D eigenvalue weighted by Crippen LogP contribution is -2.46. The number of hydrogen-bond donors (Lipinski definition) is 0. The summed E-state index contributed by atoms with van der Waals surface area (Å²) >= 11 is 0. The van der Waals surface area contributed by atoms with E-state index in [0.717, 1.165) is 44.5 Å². The number of nitrogens with zero attached hydrogens (tertiary/aromatic N) is 2. The first kappa shape index (κ1) is 27.1. The lowest BCUT2D eigenvalue weighted by atomic mass is 9.88. The van der Waals surface area contributed by atoms with Gasteiger partial charge in [0, 0.05) is 32.1 Å². The molecule has 0 N–H and O–H groups in total. The summed E-state index contributed by atoms with van der Waals surface area (Å²) in [5, 5.41) is 0. The zero-order valence-electron chi connectivity index (χ0n) is 21.9. The lowest BCUT2D eigenvalue weighted by Gasteiger charge is -2.37. The molecule has 0 radical (unpaired) electrons. The third kappa shape index (κ3) is 7.08. The van der Waals surface area contributed by atoms with Crippen LogP contribution in [0.25, 0.3) is 0 Å². The average molecular weight is 519 g/mol. The van der Waals surface area contributed by atoms with Gasteiger partial charge < -0.3 is 9.80 Å². The fraction of sp³-hybridized carbons (Fsp3) is 0.387. The Bertz CT molecular complexity index is 1200. The Morgan fingerprint density at radius 3 is 1.95 bits per heavy atom. The van der Waals surface area contributed by atoms with Crippen molar-refractivity contribution in [2.45, 2.75) is 49.5 Å². The summed E-state index contributed by atoms with van der Waals surface area (Å²) in [5.41, 5.74) is 3.56. The fourth-order valence-electron chi connectivity index (χ4n) is 5.22. The molecule has 1 aliphatic heterocycles. The van der Waals surface area contributed by atoms with Crippen molar-refractivity contribution in [3.05, 3.63) is 102 Å². The van der Waals surface area contributed by atoms with E-state index in [9.17, 15) is 13.2 Å². The summed E-state index contributed by atoms with van der Waals surface area (Å²) in [6, 6.07) is 28.5. The molecule has 0 saturated carbocycles. The van der Waals surface area contributed by atoms with Gasteiger partial charge in [-0.1, -0.05) is 79.7 Å². The van der Waals surface area contributed by atoms with Gasteiger partial charge in [-0.3, -0.25) is 4.79 Å². The van der Waals surface area contributed by atoms with Gasteiger partial charge in [-0.15, -0.1) is 0 Å². The highest BCUT2D eigenvalue weighted by Crippen LogP contribution is 2.29. The lowest BCUT2D eigenvalue weighted by molar-refractivity contribution is -0.132. The van der Waals surface area contributed by atoms with Crippen LogP contribution in [0.3, 0.4) is 0 Å². The molecule has 0 unspecified atom stereocenters. The van der Waals surface area contributed by atoms with Crippen molar-refractivity contribution in [3.8, 4) is 0 Å². The number of amides is 1. The molecule has 0 atom stereocenters. The van der Waals surface area contributed by atoms with E-state index in [1.807, 2.05) is 11.9 Å². The quantitative estimate of drug-likeness (QED) is 0.372. The fourth-order valence-corrected chi connectivity index (χ4v) is 6.11. The molecule has 1 aliphatic rings. The van der Waals surface area contributed by atoms with Crippen LogP contribution in [0.15, 0.2) is 89.8 Å². The highest BCUT2D eigenvalue weighted by atomic mass is 32.2. The molecule has 196 valence electrons. The Hall–Kier alpha value is -2.96. The summed E-state index contributed by atoms with van der Waals surface area (Å²) in [5.74, 6) is 0.534. The summed E-state index contributed by atoms with van der Waals surface area (Å²) in [6.45, 7) is 4.65. The summed E-state index contributed by atoms with van der Waals surface area (Å²) in [4.78, 5) is 17.7. The number of carbonyl (C=O) groups is 1. The number of piperidine rings is 1. The number of hydrogen-bond acceptors (Lipinski definition) is 4. The average Bonchev–Trinajstić information content (AvgIpc) is 2.94. The van der Waals surface area contributed by atoms with E-state index < -0.39 is 9.84 Å². The van der Waals surface area contributed by atoms with Gasteiger partial charge in [0.1, 0.15) is 0 Å². The topological polar surface area (TPSA) is 57.7 Å². The van der Waals surface area contributed by atoms with Crippen molar-refractivity contribution in [2.75, 3.05) is 32.4 Å². The molecule has 0 spiro atoms. The van der Waals surface area contributed by atoms with E-state index in [1.54, 1.807) is 31.2 Å². The van der Waals surface area contributed by atoms with Gasteiger partial charge >= 0.3 is 0 Å². The van der Waals surface area contributed by atoms with Crippen molar-refractivity contribution in [2.24, 2.45) is 0 Å². The number of likely N-dealkylation sites (tertiary alicyclic amines) is 1. The second-order valence-corrected chi connectivity index (χ2v) is 12.2. The minimum Gasteiger partial charge on any atom is -0.342 e. The second-order valence-electron chi connectivity index (χ2n) is 9.96. The molecule has 5 nitrogen and oxygen atoms in total. The molecule has 1 saturated heterocycles. The number of likely N-dealkylation sites (N-methyl/N-ethyl adjacent to an activating group) is 1. The van der Waals surface area contributed by atoms with Gasteiger partial charge in [-0.05, 0) is 54.6 Å². The minimum atomic E-state index is -3.22. The van der Waals surface area contributed by atoms with E-state index in [1.165, 1.54) is 11.1 Å². The molecule has 4 rings (SSSR count). The van der Waals surface area contributed by atoms with E-state index in [2.05, 4.69) is 65.6 Å². The van der Waals surface area contributed by atoms with Crippen LogP contribution in [0.1, 0.15) is 48.8 Å². The standard InChI is InChI=1S/C31H38N2O3S/c1-3-37(35,36)29-16-14-25(15-17-29)24-31(34)32(2)28-18-21-33(22-19-28)23-20-30(26-10-6-4-7-11-26)27-12-8-5-9-13-27/h4-17,28,30H,3,18-24H2,1-2H3. The molecule has 0 bridgehead atoms.